The molecule has 0 spiro atoms. The molecular weight excluding hydrogens is 318 g/mol. The highest BCUT2D eigenvalue weighted by atomic mass is 16.6. The Hall–Kier alpha value is -2.04. The Morgan fingerprint density at radius 3 is 2.32 bits per heavy atom. The number of hydrogen-bond donors (Lipinski definition) is 0. The van der Waals surface area contributed by atoms with Crippen molar-refractivity contribution in [1.29, 1.82) is 0 Å². The Kier molecular flexibility index (Phi) is 4.52. The van der Waals surface area contributed by atoms with E-state index < -0.39 is 23.1 Å². The van der Waals surface area contributed by atoms with Gasteiger partial charge in [-0.1, -0.05) is 37.1 Å². The standard InChI is InChI=1S/C20H27NO4/c1-19(2,3)25-18(24)21-12-20(13-21,17(22)23)16-11-7-6-10-15(16)14-8-4-5-9-14/h6-7,10-11,14H,4-5,8-9,12-13H2,1-3H3,(H,22,23)/p-1. The van der Waals surface area contributed by atoms with Crippen LogP contribution in [-0.2, 0) is 14.9 Å². The third-order valence-corrected chi connectivity index (χ3v) is 5.24. The van der Waals surface area contributed by atoms with Crippen molar-refractivity contribution in [2.24, 2.45) is 0 Å². The fourth-order valence-electron chi connectivity index (χ4n) is 4.00. The van der Waals surface area contributed by atoms with Gasteiger partial charge >= 0.3 is 6.09 Å². The third-order valence-electron chi connectivity index (χ3n) is 5.24. The van der Waals surface area contributed by atoms with Gasteiger partial charge in [-0.05, 0) is 50.7 Å². The average molecular weight is 344 g/mol. The van der Waals surface area contributed by atoms with E-state index in [1.807, 2.05) is 24.3 Å². The van der Waals surface area contributed by atoms with E-state index in [0.29, 0.717) is 5.92 Å². The van der Waals surface area contributed by atoms with Crippen LogP contribution in [0.2, 0.25) is 0 Å². The van der Waals surface area contributed by atoms with Crippen LogP contribution in [0.3, 0.4) is 0 Å². The SMILES string of the molecule is CC(C)(C)OC(=O)N1CC(C(=O)[O-])(c2ccccc2C2CCCC2)C1. The van der Waals surface area contributed by atoms with E-state index >= 15 is 0 Å². The number of hydrogen-bond acceptors (Lipinski definition) is 4. The number of nitrogens with zero attached hydrogens (tertiary/aromatic N) is 1. The minimum Gasteiger partial charge on any atom is -0.549 e. The molecule has 1 aromatic carbocycles. The van der Waals surface area contributed by atoms with E-state index in [0.717, 1.165) is 24.0 Å². The monoisotopic (exact) mass is 344 g/mol. The fraction of sp³-hybridized carbons (Fsp3) is 0.600. The van der Waals surface area contributed by atoms with Gasteiger partial charge in [0.15, 0.2) is 0 Å². The average Bonchev–Trinajstić information content (AvgIpc) is 2.98. The van der Waals surface area contributed by atoms with E-state index in [1.54, 1.807) is 20.8 Å². The van der Waals surface area contributed by atoms with Gasteiger partial charge in [-0.25, -0.2) is 4.79 Å². The maximum Gasteiger partial charge on any atom is 0.410 e. The molecule has 25 heavy (non-hydrogen) atoms. The van der Waals surface area contributed by atoms with Gasteiger partial charge in [0.1, 0.15) is 5.60 Å². The number of carbonyl (C=O) groups excluding carboxylic acids is 2. The molecule has 136 valence electrons. The molecule has 0 unspecified atom stereocenters. The summed E-state index contributed by atoms with van der Waals surface area (Å²) >= 11 is 0. The van der Waals surface area contributed by atoms with Crippen LogP contribution in [0, 0.1) is 0 Å². The molecule has 1 saturated heterocycles. The first kappa shape index (κ1) is 17.8. The predicted octanol–water partition coefficient (Wildman–Crippen LogP) is 2.58. The fourth-order valence-corrected chi connectivity index (χ4v) is 4.00. The molecule has 0 N–H and O–H groups in total. The topological polar surface area (TPSA) is 69.7 Å². The van der Waals surface area contributed by atoms with Crippen molar-refractivity contribution in [3.05, 3.63) is 35.4 Å². The summed E-state index contributed by atoms with van der Waals surface area (Å²) < 4.78 is 5.35. The van der Waals surface area contributed by atoms with Crippen molar-refractivity contribution in [1.82, 2.24) is 4.90 Å². The number of aliphatic carboxylic acids is 1. The summed E-state index contributed by atoms with van der Waals surface area (Å²) in [5, 5.41) is 12.0. The second kappa shape index (κ2) is 6.36. The van der Waals surface area contributed by atoms with E-state index in [4.69, 9.17) is 4.74 Å². The largest absolute Gasteiger partial charge is 0.549 e. The van der Waals surface area contributed by atoms with Crippen molar-refractivity contribution >= 4 is 12.1 Å². The molecule has 0 bridgehead atoms. The number of ether oxygens (including phenoxy) is 1. The molecule has 2 fully saturated rings. The predicted molar refractivity (Wildman–Crippen MR) is 92.1 cm³/mol. The Morgan fingerprint density at radius 1 is 1.16 bits per heavy atom. The number of carboxylic acids is 1. The van der Waals surface area contributed by atoms with Gasteiger partial charge < -0.3 is 19.5 Å². The molecule has 2 aliphatic rings. The summed E-state index contributed by atoms with van der Waals surface area (Å²) in [4.78, 5) is 25.7. The van der Waals surface area contributed by atoms with Gasteiger partial charge in [-0.15, -0.1) is 0 Å². The van der Waals surface area contributed by atoms with Gasteiger partial charge in [-0.2, -0.15) is 0 Å². The zero-order valence-corrected chi connectivity index (χ0v) is 15.2. The number of amides is 1. The zero-order valence-electron chi connectivity index (χ0n) is 15.2. The highest BCUT2D eigenvalue weighted by Crippen LogP contribution is 2.43. The minimum atomic E-state index is -1.13. The number of carboxylic acid groups (broad SMARTS) is 1. The van der Waals surface area contributed by atoms with Crippen molar-refractivity contribution in [3.63, 3.8) is 0 Å². The molecule has 1 aromatic rings. The van der Waals surface area contributed by atoms with Crippen LogP contribution in [0.5, 0.6) is 0 Å². The molecule has 5 heteroatoms. The minimum absolute atomic E-state index is 0.105. The van der Waals surface area contributed by atoms with Gasteiger partial charge in [0.25, 0.3) is 0 Å². The van der Waals surface area contributed by atoms with Crippen LogP contribution in [0.25, 0.3) is 0 Å². The molecule has 0 atom stereocenters. The van der Waals surface area contributed by atoms with Crippen molar-refractivity contribution in [2.75, 3.05) is 13.1 Å². The zero-order chi connectivity index (χ0) is 18.2. The molecule has 1 aliphatic carbocycles. The Morgan fingerprint density at radius 2 is 1.76 bits per heavy atom. The molecule has 1 saturated carbocycles. The highest BCUT2D eigenvalue weighted by molar-refractivity contribution is 5.85. The van der Waals surface area contributed by atoms with Crippen LogP contribution < -0.4 is 5.11 Å². The maximum absolute atomic E-state index is 12.2. The Labute approximate surface area is 149 Å². The molecule has 0 aromatic heterocycles. The van der Waals surface area contributed by atoms with Crippen molar-refractivity contribution in [3.8, 4) is 0 Å². The second-order valence-corrected chi connectivity index (χ2v) is 8.27. The third kappa shape index (κ3) is 3.37. The van der Waals surface area contributed by atoms with Crippen LogP contribution >= 0.6 is 0 Å². The molecule has 1 heterocycles. The number of likely N-dealkylation sites (tertiary alicyclic amines) is 1. The highest BCUT2D eigenvalue weighted by Gasteiger charge is 2.50. The number of carbonyl (C=O) groups is 2. The van der Waals surface area contributed by atoms with E-state index in [-0.39, 0.29) is 13.1 Å². The lowest BCUT2D eigenvalue weighted by Gasteiger charge is -2.51. The van der Waals surface area contributed by atoms with E-state index in [2.05, 4.69) is 0 Å². The van der Waals surface area contributed by atoms with Gasteiger partial charge in [0.2, 0.25) is 0 Å². The lowest BCUT2D eigenvalue weighted by Crippen LogP contribution is -2.68. The first-order chi connectivity index (χ1) is 11.7. The number of benzene rings is 1. The van der Waals surface area contributed by atoms with Crippen molar-refractivity contribution < 1.29 is 19.4 Å². The Balaban J connectivity index is 1.85. The smallest absolute Gasteiger partial charge is 0.410 e. The molecule has 0 radical (unpaired) electrons. The Bertz CT molecular complexity index is 665. The van der Waals surface area contributed by atoms with Crippen LogP contribution in [-0.4, -0.2) is 35.7 Å². The number of rotatable bonds is 3. The first-order valence-corrected chi connectivity index (χ1v) is 9.02. The summed E-state index contributed by atoms with van der Waals surface area (Å²) in [6.45, 7) is 5.60. The normalized spacial score (nSPS) is 20.2. The summed E-state index contributed by atoms with van der Waals surface area (Å²) in [5.74, 6) is -0.708. The lowest BCUT2D eigenvalue weighted by molar-refractivity contribution is -0.318. The van der Waals surface area contributed by atoms with E-state index in [1.165, 1.54) is 17.7 Å². The summed E-state index contributed by atoms with van der Waals surface area (Å²) in [6, 6.07) is 7.75. The molecule has 1 amide bonds. The van der Waals surface area contributed by atoms with Crippen LogP contribution in [0.15, 0.2) is 24.3 Å². The van der Waals surface area contributed by atoms with Gasteiger partial charge in [0, 0.05) is 13.1 Å². The first-order valence-electron chi connectivity index (χ1n) is 9.02. The lowest BCUT2D eigenvalue weighted by atomic mass is 9.70. The summed E-state index contributed by atoms with van der Waals surface area (Å²) in [7, 11) is 0. The van der Waals surface area contributed by atoms with E-state index in [9.17, 15) is 14.7 Å². The second-order valence-electron chi connectivity index (χ2n) is 8.27. The molecule has 3 rings (SSSR count). The summed E-state index contributed by atoms with van der Waals surface area (Å²) in [6.07, 6.45) is 4.08. The van der Waals surface area contributed by atoms with Crippen LogP contribution in [0.1, 0.15) is 63.5 Å². The van der Waals surface area contributed by atoms with Gasteiger partial charge in [0.05, 0.1) is 11.4 Å². The van der Waals surface area contributed by atoms with Crippen LogP contribution in [0.4, 0.5) is 4.79 Å². The van der Waals surface area contributed by atoms with Crippen molar-refractivity contribution in [2.45, 2.75) is 63.4 Å². The van der Waals surface area contributed by atoms with Gasteiger partial charge in [-0.3, -0.25) is 0 Å². The molecule has 1 aliphatic heterocycles. The molecule has 5 nitrogen and oxygen atoms in total. The summed E-state index contributed by atoms with van der Waals surface area (Å²) in [5.41, 5.74) is 0.184. The molecular formula is C20H26NO4-. The quantitative estimate of drug-likeness (QED) is 0.845. The maximum atomic E-state index is 12.2.